The van der Waals surface area contributed by atoms with Gasteiger partial charge in [0.15, 0.2) is 5.82 Å². The summed E-state index contributed by atoms with van der Waals surface area (Å²) in [6.45, 7) is 15.9. The average molecular weight is 582 g/mol. The maximum Gasteiger partial charge on any atom is 0.348 e. The third kappa shape index (κ3) is 6.56. The summed E-state index contributed by atoms with van der Waals surface area (Å²) in [5.74, 6) is 0.585. The Balaban J connectivity index is 1.52. The molecule has 0 saturated heterocycles. The molecule has 1 saturated carbocycles. The molecule has 5 rings (SSSR count). The fraction of sp³-hybridized carbons (Fsp3) is 0.571. The maximum atomic E-state index is 13.5. The van der Waals surface area contributed by atoms with E-state index in [2.05, 4.69) is 62.6 Å². The number of ether oxygens (including phenoxy) is 2. The zero-order chi connectivity index (χ0) is 28.7. The molecule has 216 valence electrons. The monoisotopic (exact) mass is 581 g/mol. The summed E-state index contributed by atoms with van der Waals surface area (Å²) in [5.41, 5.74) is 3.43. The van der Waals surface area contributed by atoms with Crippen molar-refractivity contribution in [3.63, 3.8) is 0 Å². The van der Waals surface area contributed by atoms with Crippen LogP contribution < -0.4 is 5.69 Å². The molecule has 40 heavy (non-hydrogen) atoms. The molecule has 1 aliphatic carbocycles. The molecule has 3 heterocycles. The summed E-state index contributed by atoms with van der Waals surface area (Å²) >= 11 is 0. The van der Waals surface area contributed by atoms with E-state index in [0.717, 1.165) is 47.1 Å². The van der Waals surface area contributed by atoms with Crippen LogP contribution in [-0.2, 0) is 30.0 Å². The summed E-state index contributed by atoms with van der Waals surface area (Å²) in [4.78, 5) is 18.3. The number of hydrogen-bond acceptors (Lipinski definition) is 6. The van der Waals surface area contributed by atoms with Gasteiger partial charge in [0.2, 0.25) is 0 Å². The highest BCUT2D eigenvalue weighted by molar-refractivity contribution is 6.76. The highest BCUT2D eigenvalue weighted by atomic mass is 28.3. The number of aryl methyl sites for hydroxylation is 1. The summed E-state index contributed by atoms with van der Waals surface area (Å²) in [5, 5.41) is 10.3. The second kappa shape index (κ2) is 11.2. The van der Waals surface area contributed by atoms with Gasteiger partial charge < -0.3 is 14.0 Å². The Labute approximate surface area is 237 Å². The minimum Gasteiger partial charge on any atom is -0.361 e. The summed E-state index contributed by atoms with van der Waals surface area (Å²) in [6, 6.07) is 8.55. The van der Waals surface area contributed by atoms with Crippen LogP contribution in [0.3, 0.4) is 0 Å². The van der Waals surface area contributed by atoms with Crippen molar-refractivity contribution in [2.75, 3.05) is 13.2 Å². The van der Waals surface area contributed by atoms with Crippen LogP contribution in [0.25, 0.3) is 33.7 Å². The van der Waals surface area contributed by atoms with Gasteiger partial charge in [0.05, 0.1) is 23.7 Å². The molecular weight excluding hydrogens is 539 g/mol. The first-order valence-electron chi connectivity index (χ1n) is 14.2. The molecule has 3 aromatic heterocycles. The molecule has 0 radical (unpaired) electrons. The summed E-state index contributed by atoms with van der Waals surface area (Å²) in [6.07, 6.45) is 5.60. The predicted octanol–water partition coefficient (Wildman–Crippen LogP) is 5.42. The lowest BCUT2D eigenvalue weighted by atomic mass is 10.1. The van der Waals surface area contributed by atoms with Gasteiger partial charge in [0, 0.05) is 53.4 Å². The molecule has 0 atom stereocenters. The molecule has 0 unspecified atom stereocenters. The van der Waals surface area contributed by atoms with Crippen LogP contribution in [0.15, 0.2) is 35.5 Å². The molecule has 0 bridgehead atoms. The molecule has 0 N–H and O–H groups in total. The molecule has 0 aliphatic heterocycles. The van der Waals surface area contributed by atoms with Crippen molar-refractivity contribution in [3.05, 3.63) is 41.2 Å². The minimum absolute atomic E-state index is 0.139. The Hall–Kier alpha value is -2.81. The zero-order valence-corrected chi connectivity index (χ0v) is 27.0. The van der Waals surface area contributed by atoms with Crippen molar-refractivity contribution in [3.8, 4) is 22.8 Å². The third-order valence-electron chi connectivity index (χ3n) is 7.29. The van der Waals surface area contributed by atoms with Gasteiger partial charge in [0.1, 0.15) is 19.2 Å². The molecule has 1 aliphatic rings. The van der Waals surface area contributed by atoms with E-state index in [1.807, 2.05) is 27.1 Å². The fourth-order valence-corrected chi connectivity index (χ4v) is 6.15. The lowest BCUT2D eigenvalue weighted by Crippen LogP contribution is -2.27. The number of benzene rings is 1. The van der Waals surface area contributed by atoms with E-state index in [4.69, 9.17) is 19.6 Å². The third-order valence-corrected chi connectivity index (χ3v) is 10.7. The zero-order valence-electron chi connectivity index (χ0n) is 25.0. The van der Waals surface area contributed by atoms with Gasteiger partial charge in [-0.05, 0) is 31.0 Å². The number of fused-ring (bicyclic) bond motifs is 1. The van der Waals surface area contributed by atoms with Gasteiger partial charge in [-0.25, -0.2) is 9.78 Å². The number of aromatic nitrogens is 7. The highest BCUT2D eigenvalue weighted by Crippen LogP contribution is 2.39. The van der Waals surface area contributed by atoms with E-state index in [9.17, 15) is 4.79 Å². The summed E-state index contributed by atoms with van der Waals surface area (Å²) in [7, 11) is -0.495. The van der Waals surface area contributed by atoms with Gasteiger partial charge in [-0.1, -0.05) is 51.4 Å². The Kier molecular flexibility index (Phi) is 8.06. The lowest BCUT2D eigenvalue weighted by Gasteiger charge is -2.16. The summed E-state index contributed by atoms with van der Waals surface area (Å²) < 4.78 is 19.2. The molecule has 1 aromatic carbocycles. The predicted molar refractivity (Wildman–Crippen MR) is 164 cm³/mol. The molecule has 12 heteroatoms. The van der Waals surface area contributed by atoms with Gasteiger partial charge in [-0.3, -0.25) is 9.25 Å². The molecular formula is C28H43N7O3Si2. The van der Waals surface area contributed by atoms with E-state index in [0.29, 0.717) is 31.5 Å². The van der Waals surface area contributed by atoms with Gasteiger partial charge in [-0.2, -0.15) is 9.78 Å². The van der Waals surface area contributed by atoms with Crippen molar-refractivity contribution in [2.45, 2.75) is 83.7 Å². The number of hydrogen-bond donors (Lipinski definition) is 0. The number of nitrogens with zero attached hydrogens (tertiary/aromatic N) is 7. The normalized spacial score (nSPS) is 14.5. The van der Waals surface area contributed by atoms with Crippen molar-refractivity contribution < 1.29 is 9.47 Å². The van der Waals surface area contributed by atoms with Crippen LogP contribution in [-0.4, -0.2) is 63.0 Å². The average Bonchev–Trinajstić information content (AvgIpc) is 3.39. The standard InChI is InChI=1S/C28H43N7O3Si2/c1-32-24-16-21(8-9-22(24)17-30-32)26-25(29-18-33(26)19-37-12-14-39(2,3)4)27-31-34(20-38-13-15-40(5,6)7)28(36)35(27)23-10-11-23/h8-9,16-18,23H,10-15,19-20H2,1-7H3. The molecule has 4 aromatic rings. The van der Waals surface area contributed by atoms with Crippen molar-refractivity contribution in [1.82, 2.24) is 33.7 Å². The van der Waals surface area contributed by atoms with E-state index in [-0.39, 0.29) is 18.5 Å². The smallest absolute Gasteiger partial charge is 0.348 e. The van der Waals surface area contributed by atoms with Crippen LogP contribution in [0, 0.1) is 0 Å². The molecule has 0 amide bonds. The minimum atomic E-state index is -1.23. The van der Waals surface area contributed by atoms with Crippen LogP contribution in [0.2, 0.25) is 51.4 Å². The number of imidazole rings is 1. The van der Waals surface area contributed by atoms with E-state index < -0.39 is 16.1 Å². The first kappa shape index (κ1) is 28.7. The van der Waals surface area contributed by atoms with E-state index in [1.165, 1.54) is 4.68 Å². The lowest BCUT2D eigenvalue weighted by molar-refractivity contribution is 0.0756. The van der Waals surface area contributed by atoms with Gasteiger partial charge in [-0.15, -0.1) is 5.10 Å². The van der Waals surface area contributed by atoms with Crippen LogP contribution >= 0.6 is 0 Å². The SMILES string of the molecule is Cn1ncc2ccc(-c3c(-c4nn(COCC[Si](C)(C)C)c(=O)n4C4CC4)ncn3COCC[Si](C)(C)C)cc21. The Morgan fingerprint density at radius 3 is 2.30 bits per heavy atom. The van der Waals surface area contributed by atoms with Gasteiger partial charge >= 0.3 is 5.69 Å². The Morgan fingerprint density at radius 1 is 0.975 bits per heavy atom. The van der Waals surface area contributed by atoms with Crippen molar-refractivity contribution in [1.29, 1.82) is 0 Å². The largest absolute Gasteiger partial charge is 0.361 e. The van der Waals surface area contributed by atoms with Crippen molar-refractivity contribution >= 4 is 27.1 Å². The van der Waals surface area contributed by atoms with Crippen LogP contribution in [0.5, 0.6) is 0 Å². The van der Waals surface area contributed by atoms with Crippen molar-refractivity contribution in [2.24, 2.45) is 7.05 Å². The topological polar surface area (TPSA) is 93.9 Å². The Bertz CT molecular complexity index is 1530. The molecule has 0 spiro atoms. The quantitative estimate of drug-likeness (QED) is 0.155. The number of rotatable bonds is 13. The second-order valence-electron chi connectivity index (χ2n) is 13.4. The Morgan fingerprint density at radius 2 is 1.65 bits per heavy atom. The molecule has 10 nitrogen and oxygen atoms in total. The molecule has 1 fully saturated rings. The van der Waals surface area contributed by atoms with E-state index in [1.54, 1.807) is 6.33 Å². The fourth-order valence-electron chi connectivity index (χ4n) is 4.64. The van der Waals surface area contributed by atoms with E-state index >= 15 is 0 Å². The van der Waals surface area contributed by atoms with Gasteiger partial charge in [0.25, 0.3) is 0 Å². The van der Waals surface area contributed by atoms with Crippen LogP contribution in [0.4, 0.5) is 0 Å². The first-order chi connectivity index (χ1) is 18.9. The second-order valence-corrected chi connectivity index (χ2v) is 24.6. The van der Waals surface area contributed by atoms with Crippen LogP contribution in [0.1, 0.15) is 18.9 Å². The maximum absolute atomic E-state index is 13.5. The first-order valence-corrected chi connectivity index (χ1v) is 21.7. The highest BCUT2D eigenvalue weighted by Gasteiger charge is 2.33.